The smallest absolute Gasteiger partial charge is 0.265 e. The van der Waals surface area contributed by atoms with Gasteiger partial charge in [-0.3, -0.25) is 4.79 Å². The second kappa shape index (κ2) is 7.69. The molecule has 5 rings (SSSR count). The van der Waals surface area contributed by atoms with Gasteiger partial charge < -0.3 is 0 Å². The molecule has 4 nitrogen and oxygen atoms in total. The van der Waals surface area contributed by atoms with E-state index in [4.69, 9.17) is 5.10 Å². The molecule has 0 saturated carbocycles. The molecule has 0 unspecified atom stereocenters. The molecule has 0 aliphatic heterocycles. The lowest BCUT2D eigenvalue weighted by molar-refractivity contribution is 0.567. The van der Waals surface area contributed by atoms with E-state index in [0.717, 1.165) is 32.1 Å². The number of aromatic nitrogens is 3. The van der Waals surface area contributed by atoms with Crippen LogP contribution in [0.4, 0.5) is 0 Å². The fourth-order valence-corrected chi connectivity index (χ4v) is 4.66. The molecule has 2 aromatic heterocycles. The lowest BCUT2D eigenvalue weighted by Crippen LogP contribution is -2.29. The summed E-state index contributed by atoms with van der Waals surface area (Å²) in [5.74, 6) is 0. The highest BCUT2D eigenvalue weighted by atomic mass is 32.1. The van der Waals surface area contributed by atoms with Crippen molar-refractivity contribution in [1.82, 2.24) is 14.8 Å². The van der Waals surface area contributed by atoms with E-state index in [9.17, 15) is 4.79 Å². The molecule has 0 atom stereocenters. The predicted octanol–water partition coefficient (Wildman–Crippen LogP) is 5.47. The van der Waals surface area contributed by atoms with Gasteiger partial charge in [0.2, 0.25) is 0 Å². The zero-order valence-corrected chi connectivity index (χ0v) is 17.2. The molecule has 0 spiro atoms. The first-order chi connectivity index (χ1) is 14.7. The summed E-state index contributed by atoms with van der Waals surface area (Å²) in [7, 11) is 0. The Kier molecular flexibility index (Phi) is 4.73. The third-order valence-electron chi connectivity index (χ3n) is 5.09. The van der Waals surface area contributed by atoms with Crippen molar-refractivity contribution in [2.45, 2.75) is 13.0 Å². The summed E-state index contributed by atoms with van der Waals surface area (Å²) in [6.07, 6.45) is 0. The summed E-state index contributed by atoms with van der Waals surface area (Å²) in [6.45, 7) is 1.93. The topological polar surface area (TPSA) is 47.8 Å². The molecule has 3 aromatic carbocycles. The summed E-state index contributed by atoms with van der Waals surface area (Å²) in [5, 5.41) is 5.77. The Balaban J connectivity index is 1.84. The van der Waals surface area contributed by atoms with Crippen molar-refractivity contribution < 1.29 is 0 Å². The molecule has 2 heterocycles. The van der Waals surface area contributed by atoms with Gasteiger partial charge in [-0.05, 0) is 18.1 Å². The summed E-state index contributed by atoms with van der Waals surface area (Å²) in [4.78, 5) is 18.1. The molecule has 30 heavy (non-hydrogen) atoms. The summed E-state index contributed by atoms with van der Waals surface area (Å²) in [5.41, 5.74) is 4.06. The van der Waals surface area contributed by atoms with Crippen LogP contribution in [0.5, 0.6) is 0 Å². The number of nitrogens with zero attached hydrogens (tertiary/aromatic N) is 3. The van der Waals surface area contributed by atoms with E-state index in [1.165, 1.54) is 11.3 Å². The lowest BCUT2D eigenvalue weighted by Gasteiger charge is -2.20. The van der Waals surface area contributed by atoms with Gasteiger partial charge in [-0.1, -0.05) is 91.0 Å². The average molecular weight is 410 g/mol. The van der Waals surface area contributed by atoms with Crippen LogP contribution in [-0.4, -0.2) is 14.8 Å². The van der Waals surface area contributed by atoms with Gasteiger partial charge in [0.15, 0.2) is 5.52 Å². The Morgan fingerprint density at radius 2 is 1.33 bits per heavy atom. The fraction of sp³-hybridized carbons (Fsp3) is 0.0800. The first-order valence-electron chi connectivity index (χ1n) is 9.77. The summed E-state index contributed by atoms with van der Waals surface area (Å²) < 4.78 is 2.42. The number of thiazole rings is 1. The minimum Gasteiger partial charge on any atom is -0.265 e. The van der Waals surface area contributed by atoms with Crippen molar-refractivity contribution in [1.29, 1.82) is 0 Å². The molecule has 0 saturated heterocycles. The monoisotopic (exact) mass is 409 g/mol. The van der Waals surface area contributed by atoms with E-state index < -0.39 is 0 Å². The Morgan fingerprint density at radius 3 is 1.90 bits per heavy atom. The van der Waals surface area contributed by atoms with Crippen LogP contribution in [0, 0.1) is 6.92 Å². The Morgan fingerprint density at radius 1 is 0.800 bits per heavy atom. The molecule has 0 radical (unpaired) electrons. The first kappa shape index (κ1) is 18.5. The maximum Gasteiger partial charge on any atom is 0.295 e. The second-order valence-corrected chi connectivity index (χ2v) is 8.30. The van der Waals surface area contributed by atoms with Crippen molar-refractivity contribution in [3.8, 4) is 11.3 Å². The van der Waals surface area contributed by atoms with Crippen LogP contribution < -0.4 is 5.56 Å². The fourth-order valence-electron chi connectivity index (χ4n) is 3.74. The number of benzene rings is 3. The zero-order valence-electron chi connectivity index (χ0n) is 16.4. The molecular formula is C25H19N3OS. The van der Waals surface area contributed by atoms with Crippen LogP contribution in [0.1, 0.15) is 22.2 Å². The van der Waals surface area contributed by atoms with E-state index in [1.54, 1.807) is 4.68 Å². The predicted molar refractivity (Wildman–Crippen MR) is 122 cm³/mol. The van der Waals surface area contributed by atoms with Gasteiger partial charge in [-0.2, -0.15) is 5.10 Å². The molecular weight excluding hydrogens is 390 g/mol. The van der Waals surface area contributed by atoms with Gasteiger partial charge in [-0.25, -0.2) is 9.67 Å². The van der Waals surface area contributed by atoms with E-state index in [1.807, 2.05) is 97.9 Å². The quantitative estimate of drug-likeness (QED) is 0.396. The van der Waals surface area contributed by atoms with Crippen LogP contribution in [0.25, 0.3) is 21.5 Å². The Labute approximate surface area is 178 Å². The molecule has 146 valence electrons. The van der Waals surface area contributed by atoms with Gasteiger partial charge >= 0.3 is 0 Å². The van der Waals surface area contributed by atoms with Crippen LogP contribution in [0.15, 0.2) is 95.8 Å². The molecule has 5 aromatic rings. The number of hydrogen-bond acceptors (Lipinski definition) is 4. The number of hydrogen-bond donors (Lipinski definition) is 0. The summed E-state index contributed by atoms with van der Waals surface area (Å²) >= 11 is 1.51. The SMILES string of the molecule is Cc1nc2c(=O)n(C(c3ccccc3)c3ccccc3)nc(-c3ccccc3)c2s1. The minimum atomic E-state index is -0.339. The van der Waals surface area contributed by atoms with Gasteiger partial charge in [0.25, 0.3) is 5.56 Å². The van der Waals surface area contributed by atoms with Gasteiger partial charge in [0.1, 0.15) is 11.7 Å². The largest absolute Gasteiger partial charge is 0.295 e. The highest BCUT2D eigenvalue weighted by molar-refractivity contribution is 7.19. The molecule has 0 fully saturated rings. The van der Waals surface area contributed by atoms with Gasteiger partial charge in [0, 0.05) is 5.56 Å². The molecule has 0 aliphatic rings. The normalized spacial score (nSPS) is 11.3. The lowest BCUT2D eigenvalue weighted by atomic mass is 9.99. The standard InChI is InChI=1S/C25H19N3OS/c1-17-26-22-24(30-17)21(18-11-5-2-6-12-18)27-28(25(22)29)23(19-13-7-3-8-14-19)20-15-9-4-10-16-20/h2-16,23H,1H3. The molecule has 0 N–H and O–H groups in total. The maximum atomic E-state index is 13.6. The van der Waals surface area contributed by atoms with E-state index in [0.29, 0.717) is 5.52 Å². The van der Waals surface area contributed by atoms with Crippen molar-refractivity contribution in [3.05, 3.63) is 117 Å². The van der Waals surface area contributed by atoms with Crippen molar-refractivity contribution in [3.63, 3.8) is 0 Å². The van der Waals surface area contributed by atoms with Crippen LogP contribution in [0.3, 0.4) is 0 Å². The van der Waals surface area contributed by atoms with E-state index >= 15 is 0 Å². The first-order valence-corrected chi connectivity index (χ1v) is 10.6. The Bertz CT molecular complexity index is 1320. The molecule has 0 amide bonds. The number of aryl methyl sites for hydroxylation is 1. The second-order valence-electron chi connectivity index (χ2n) is 7.10. The zero-order chi connectivity index (χ0) is 20.5. The highest BCUT2D eigenvalue weighted by Crippen LogP contribution is 2.32. The molecule has 5 heteroatoms. The minimum absolute atomic E-state index is 0.174. The third-order valence-corrected chi connectivity index (χ3v) is 6.07. The average Bonchev–Trinajstić information content (AvgIpc) is 3.19. The van der Waals surface area contributed by atoms with Crippen LogP contribution >= 0.6 is 11.3 Å². The van der Waals surface area contributed by atoms with Crippen molar-refractivity contribution in [2.24, 2.45) is 0 Å². The Hall–Kier alpha value is -3.57. The maximum absolute atomic E-state index is 13.6. The number of fused-ring (bicyclic) bond motifs is 1. The van der Waals surface area contributed by atoms with Crippen LogP contribution in [-0.2, 0) is 0 Å². The highest BCUT2D eigenvalue weighted by Gasteiger charge is 2.23. The number of rotatable bonds is 4. The van der Waals surface area contributed by atoms with E-state index in [2.05, 4.69) is 4.98 Å². The van der Waals surface area contributed by atoms with Crippen molar-refractivity contribution >= 4 is 21.6 Å². The van der Waals surface area contributed by atoms with Crippen molar-refractivity contribution in [2.75, 3.05) is 0 Å². The molecule has 0 bridgehead atoms. The summed E-state index contributed by atoms with van der Waals surface area (Å²) in [6, 6.07) is 29.7. The van der Waals surface area contributed by atoms with Crippen LogP contribution in [0.2, 0.25) is 0 Å². The van der Waals surface area contributed by atoms with Gasteiger partial charge in [-0.15, -0.1) is 11.3 Å². The third kappa shape index (κ3) is 3.23. The molecule has 0 aliphatic carbocycles. The van der Waals surface area contributed by atoms with Gasteiger partial charge in [0.05, 0.1) is 9.71 Å². The van der Waals surface area contributed by atoms with E-state index in [-0.39, 0.29) is 11.6 Å².